The van der Waals surface area contributed by atoms with E-state index in [2.05, 4.69) is 5.32 Å². The Morgan fingerprint density at radius 1 is 1.20 bits per heavy atom. The van der Waals surface area contributed by atoms with Gasteiger partial charge in [-0.3, -0.25) is 0 Å². The first-order valence-electron chi connectivity index (χ1n) is 6.57. The summed E-state index contributed by atoms with van der Waals surface area (Å²) in [6.07, 6.45) is 1.50. The third kappa shape index (κ3) is 3.27. The Morgan fingerprint density at radius 2 is 1.75 bits per heavy atom. The predicted molar refractivity (Wildman–Crippen MR) is 72.5 cm³/mol. The molecule has 20 heavy (non-hydrogen) atoms. The summed E-state index contributed by atoms with van der Waals surface area (Å²) in [7, 11) is 0. The molecule has 0 spiro atoms. The molecule has 0 fully saturated rings. The second-order valence-electron chi connectivity index (χ2n) is 4.78. The Morgan fingerprint density at radius 3 is 2.20 bits per heavy atom. The van der Waals surface area contributed by atoms with Gasteiger partial charge in [0.25, 0.3) is 0 Å². The van der Waals surface area contributed by atoms with Gasteiger partial charge < -0.3 is 20.4 Å². The molecule has 2 rings (SSSR count). The van der Waals surface area contributed by atoms with Crippen molar-refractivity contribution in [1.82, 2.24) is 10.2 Å². The number of aliphatic hydroxyl groups excluding tert-OH is 1. The van der Waals surface area contributed by atoms with Crippen molar-refractivity contribution in [3.8, 4) is 0 Å². The summed E-state index contributed by atoms with van der Waals surface area (Å²) in [4.78, 5) is 24.4. The Kier molecular flexibility index (Phi) is 4.57. The van der Waals surface area contributed by atoms with Crippen LogP contribution in [0.25, 0.3) is 0 Å². The number of benzene rings is 1. The standard InChI is InChI=1S/C14H18N2O4/c17-9-12(13(18)19)15-14(20)16-7-5-10-3-1-2-4-11(10)6-8-16/h1-4,12,17H,5-9H2,(H,15,20)(H,18,19). The van der Waals surface area contributed by atoms with Gasteiger partial charge in [0.1, 0.15) is 0 Å². The number of carboxylic acid groups (broad SMARTS) is 1. The van der Waals surface area contributed by atoms with E-state index in [0.29, 0.717) is 13.1 Å². The molecule has 1 heterocycles. The maximum atomic E-state index is 12.0. The molecule has 1 unspecified atom stereocenters. The van der Waals surface area contributed by atoms with E-state index in [4.69, 9.17) is 10.2 Å². The van der Waals surface area contributed by atoms with Crippen LogP contribution in [-0.4, -0.2) is 52.9 Å². The third-order valence-corrected chi connectivity index (χ3v) is 3.49. The zero-order valence-electron chi connectivity index (χ0n) is 11.1. The molecule has 2 amide bonds. The van der Waals surface area contributed by atoms with Crippen LogP contribution in [0.5, 0.6) is 0 Å². The second-order valence-corrected chi connectivity index (χ2v) is 4.78. The lowest BCUT2D eigenvalue weighted by molar-refractivity contribution is -0.140. The lowest BCUT2D eigenvalue weighted by atomic mass is 10.0. The van der Waals surface area contributed by atoms with Gasteiger partial charge in [0.15, 0.2) is 6.04 Å². The van der Waals surface area contributed by atoms with Crippen LogP contribution in [0.15, 0.2) is 24.3 Å². The van der Waals surface area contributed by atoms with Gasteiger partial charge in [-0.15, -0.1) is 0 Å². The highest BCUT2D eigenvalue weighted by Crippen LogP contribution is 2.15. The van der Waals surface area contributed by atoms with E-state index in [0.717, 1.165) is 12.8 Å². The number of urea groups is 1. The molecule has 6 heteroatoms. The van der Waals surface area contributed by atoms with Crippen molar-refractivity contribution in [2.45, 2.75) is 18.9 Å². The van der Waals surface area contributed by atoms with Gasteiger partial charge >= 0.3 is 12.0 Å². The number of carbonyl (C=O) groups excluding carboxylic acids is 1. The zero-order valence-corrected chi connectivity index (χ0v) is 11.1. The largest absolute Gasteiger partial charge is 0.480 e. The molecule has 0 saturated carbocycles. The number of amides is 2. The Bertz CT molecular complexity index is 477. The van der Waals surface area contributed by atoms with Gasteiger partial charge in [0.2, 0.25) is 0 Å². The maximum absolute atomic E-state index is 12.0. The van der Waals surface area contributed by atoms with Gasteiger partial charge in [-0.25, -0.2) is 9.59 Å². The van der Waals surface area contributed by atoms with Crippen molar-refractivity contribution in [2.75, 3.05) is 19.7 Å². The molecule has 1 atom stereocenters. The molecule has 0 radical (unpaired) electrons. The number of hydrogen-bond donors (Lipinski definition) is 3. The predicted octanol–water partition coefficient (Wildman–Crippen LogP) is 0.242. The fourth-order valence-corrected chi connectivity index (χ4v) is 2.30. The third-order valence-electron chi connectivity index (χ3n) is 3.49. The van der Waals surface area contributed by atoms with E-state index in [9.17, 15) is 9.59 Å². The fraction of sp³-hybridized carbons (Fsp3) is 0.429. The summed E-state index contributed by atoms with van der Waals surface area (Å²) >= 11 is 0. The number of carboxylic acids is 1. The average Bonchev–Trinajstić information content (AvgIpc) is 2.66. The number of fused-ring (bicyclic) bond motifs is 1. The van der Waals surface area contributed by atoms with Crippen LogP contribution >= 0.6 is 0 Å². The Hall–Kier alpha value is -2.08. The van der Waals surface area contributed by atoms with Crippen molar-refractivity contribution in [3.05, 3.63) is 35.4 Å². The molecular weight excluding hydrogens is 260 g/mol. The molecule has 1 aromatic carbocycles. The van der Waals surface area contributed by atoms with Gasteiger partial charge in [0, 0.05) is 13.1 Å². The number of hydrogen-bond acceptors (Lipinski definition) is 3. The quantitative estimate of drug-likeness (QED) is 0.739. The molecule has 0 aliphatic carbocycles. The highest BCUT2D eigenvalue weighted by atomic mass is 16.4. The van der Waals surface area contributed by atoms with Gasteiger partial charge in [-0.1, -0.05) is 24.3 Å². The molecule has 0 bridgehead atoms. The van der Waals surface area contributed by atoms with Crippen LogP contribution in [0.1, 0.15) is 11.1 Å². The molecule has 0 aromatic heterocycles. The highest BCUT2D eigenvalue weighted by Gasteiger charge is 2.23. The molecule has 1 aliphatic heterocycles. The summed E-state index contributed by atoms with van der Waals surface area (Å²) in [6.45, 7) is 0.469. The van der Waals surface area contributed by atoms with Gasteiger partial charge in [0.05, 0.1) is 6.61 Å². The molecule has 0 saturated heterocycles. The van der Waals surface area contributed by atoms with Crippen molar-refractivity contribution >= 4 is 12.0 Å². The Balaban J connectivity index is 1.98. The van der Waals surface area contributed by atoms with Crippen LogP contribution in [0, 0.1) is 0 Å². The van der Waals surface area contributed by atoms with Crippen LogP contribution in [0.4, 0.5) is 4.79 Å². The molecule has 3 N–H and O–H groups in total. The van der Waals surface area contributed by atoms with E-state index >= 15 is 0 Å². The summed E-state index contributed by atoms with van der Waals surface area (Å²) in [5, 5.41) is 20.1. The maximum Gasteiger partial charge on any atom is 0.328 e. The number of nitrogens with one attached hydrogen (secondary N) is 1. The number of nitrogens with zero attached hydrogens (tertiary/aromatic N) is 1. The molecule has 108 valence electrons. The summed E-state index contributed by atoms with van der Waals surface area (Å²) in [5.41, 5.74) is 2.44. The molecule has 1 aliphatic rings. The summed E-state index contributed by atoms with van der Waals surface area (Å²) in [6, 6.07) is 6.34. The number of aliphatic carboxylic acids is 1. The monoisotopic (exact) mass is 278 g/mol. The normalized spacial score (nSPS) is 15.9. The van der Waals surface area contributed by atoms with Gasteiger partial charge in [-0.05, 0) is 24.0 Å². The van der Waals surface area contributed by atoms with E-state index in [-0.39, 0.29) is 0 Å². The molecular formula is C14H18N2O4. The van der Waals surface area contributed by atoms with Crippen LogP contribution in [0.2, 0.25) is 0 Å². The molecule has 1 aromatic rings. The number of aliphatic hydroxyl groups is 1. The minimum Gasteiger partial charge on any atom is -0.480 e. The van der Waals surface area contributed by atoms with Crippen LogP contribution < -0.4 is 5.32 Å². The Labute approximate surface area is 117 Å². The van der Waals surface area contributed by atoms with Crippen molar-refractivity contribution in [1.29, 1.82) is 0 Å². The van der Waals surface area contributed by atoms with Crippen molar-refractivity contribution < 1.29 is 19.8 Å². The first kappa shape index (κ1) is 14.3. The number of carbonyl (C=O) groups is 2. The lowest BCUT2D eigenvalue weighted by Crippen LogP contribution is -2.50. The minimum absolute atomic E-state index is 0.445. The van der Waals surface area contributed by atoms with E-state index in [1.165, 1.54) is 11.1 Å². The van der Waals surface area contributed by atoms with E-state index in [1.807, 2.05) is 24.3 Å². The van der Waals surface area contributed by atoms with Crippen LogP contribution in [-0.2, 0) is 17.6 Å². The zero-order chi connectivity index (χ0) is 14.5. The van der Waals surface area contributed by atoms with Crippen molar-refractivity contribution in [2.24, 2.45) is 0 Å². The van der Waals surface area contributed by atoms with Crippen LogP contribution in [0.3, 0.4) is 0 Å². The summed E-state index contributed by atoms with van der Waals surface area (Å²) < 4.78 is 0. The topological polar surface area (TPSA) is 89.9 Å². The summed E-state index contributed by atoms with van der Waals surface area (Å²) in [5.74, 6) is -1.24. The first-order chi connectivity index (χ1) is 9.61. The SMILES string of the molecule is O=C(O)C(CO)NC(=O)N1CCc2ccccc2CC1. The van der Waals surface area contributed by atoms with Gasteiger partial charge in [-0.2, -0.15) is 0 Å². The lowest BCUT2D eigenvalue weighted by Gasteiger charge is -2.22. The number of rotatable bonds is 3. The second kappa shape index (κ2) is 6.38. The smallest absolute Gasteiger partial charge is 0.328 e. The fourth-order valence-electron chi connectivity index (χ4n) is 2.30. The molecule has 6 nitrogen and oxygen atoms in total. The first-order valence-corrected chi connectivity index (χ1v) is 6.57. The minimum atomic E-state index is -1.26. The van der Waals surface area contributed by atoms with Crippen molar-refractivity contribution in [3.63, 3.8) is 0 Å². The van der Waals surface area contributed by atoms with E-state index < -0.39 is 24.6 Å². The van der Waals surface area contributed by atoms with E-state index in [1.54, 1.807) is 4.90 Å². The average molecular weight is 278 g/mol. The highest BCUT2D eigenvalue weighted by molar-refractivity contribution is 5.82.